The molecule has 0 aliphatic heterocycles. The summed E-state index contributed by atoms with van der Waals surface area (Å²) >= 11 is 7.72. The number of nitrogens with one attached hydrogen (secondary N) is 1. The molecule has 5 rings (SSSR count). The Bertz CT molecular complexity index is 1570. The van der Waals surface area contributed by atoms with Crippen LogP contribution in [0.25, 0.3) is 31.8 Å². The van der Waals surface area contributed by atoms with Crippen molar-refractivity contribution in [3.05, 3.63) is 92.8 Å². The smallest absolute Gasteiger partial charge is 0.291 e. The first-order valence-corrected chi connectivity index (χ1v) is 11.1. The Kier molecular flexibility index (Phi) is 5.04. The highest BCUT2D eigenvalue weighted by Crippen LogP contribution is 2.31. The minimum absolute atomic E-state index is 0.0603. The number of carbonyl (C=O) groups is 1. The summed E-state index contributed by atoms with van der Waals surface area (Å²) < 4.78 is 6.81. The van der Waals surface area contributed by atoms with Gasteiger partial charge >= 0.3 is 0 Å². The molecule has 3 aromatic carbocycles. The summed E-state index contributed by atoms with van der Waals surface area (Å²) in [5.41, 5.74) is 4.49. The van der Waals surface area contributed by atoms with E-state index in [9.17, 15) is 9.59 Å². The van der Waals surface area contributed by atoms with E-state index in [1.54, 1.807) is 35.6 Å². The lowest BCUT2D eigenvalue weighted by atomic mass is 10.1. The molecule has 2 heterocycles. The monoisotopic (exact) mass is 460 g/mol. The highest BCUT2D eigenvalue weighted by Gasteiger charge is 2.14. The van der Waals surface area contributed by atoms with Gasteiger partial charge in [-0.05, 0) is 73.5 Å². The Labute approximate surface area is 192 Å². The third-order valence-electron chi connectivity index (χ3n) is 5.17. The number of thiazole rings is 1. The zero-order valence-electron chi connectivity index (χ0n) is 17.2. The van der Waals surface area contributed by atoms with Crippen molar-refractivity contribution < 1.29 is 9.21 Å². The van der Waals surface area contributed by atoms with Crippen LogP contribution in [0.1, 0.15) is 21.7 Å². The van der Waals surface area contributed by atoms with Crippen LogP contribution in [0.2, 0.25) is 5.02 Å². The van der Waals surface area contributed by atoms with Gasteiger partial charge < -0.3 is 9.73 Å². The average Bonchev–Trinajstić information content (AvgIpc) is 3.18. The van der Waals surface area contributed by atoms with Gasteiger partial charge in [-0.15, -0.1) is 11.3 Å². The predicted octanol–water partition coefficient (Wildman–Crippen LogP) is 6.59. The molecule has 0 spiro atoms. The summed E-state index contributed by atoms with van der Waals surface area (Å²) in [6.07, 6.45) is 0. The van der Waals surface area contributed by atoms with Gasteiger partial charge in [0.15, 0.2) is 11.2 Å². The topological polar surface area (TPSA) is 72.2 Å². The highest BCUT2D eigenvalue weighted by atomic mass is 35.5. The van der Waals surface area contributed by atoms with Gasteiger partial charge in [0, 0.05) is 22.3 Å². The minimum atomic E-state index is -0.500. The maximum Gasteiger partial charge on any atom is 0.291 e. The van der Waals surface area contributed by atoms with Gasteiger partial charge in [0.1, 0.15) is 10.6 Å². The van der Waals surface area contributed by atoms with Gasteiger partial charge in [-0.3, -0.25) is 9.59 Å². The minimum Gasteiger partial charge on any atom is -0.451 e. The zero-order valence-corrected chi connectivity index (χ0v) is 18.8. The Hall–Kier alpha value is -3.48. The molecule has 0 aliphatic rings. The van der Waals surface area contributed by atoms with Crippen LogP contribution in [0.3, 0.4) is 0 Å². The quantitative estimate of drug-likeness (QED) is 0.329. The lowest BCUT2D eigenvalue weighted by molar-refractivity contribution is 0.0997. The SMILES string of the molecule is Cc1ccc2nc(-c3ccc(NC(=O)c4cc(=O)c5cc(Cl)c(C)cc5o4)cc3)sc2c1. The van der Waals surface area contributed by atoms with E-state index < -0.39 is 5.91 Å². The van der Waals surface area contributed by atoms with Gasteiger partial charge in [-0.2, -0.15) is 0 Å². The molecule has 158 valence electrons. The Morgan fingerprint density at radius 2 is 1.81 bits per heavy atom. The molecular weight excluding hydrogens is 444 g/mol. The van der Waals surface area contributed by atoms with Crippen molar-refractivity contribution >= 4 is 55.7 Å². The van der Waals surface area contributed by atoms with E-state index in [0.717, 1.165) is 26.4 Å². The van der Waals surface area contributed by atoms with Crippen molar-refractivity contribution in [2.24, 2.45) is 0 Å². The number of benzene rings is 3. The second-order valence-corrected chi connectivity index (χ2v) is 9.03. The van der Waals surface area contributed by atoms with Crippen molar-refractivity contribution in [3.8, 4) is 10.6 Å². The van der Waals surface area contributed by atoms with Crippen LogP contribution in [0.5, 0.6) is 0 Å². The number of nitrogens with zero attached hydrogens (tertiary/aromatic N) is 1. The number of rotatable bonds is 3. The molecule has 32 heavy (non-hydrogen) atoms. The summed E-state index contributed by atoms with van der Waals surface area (Å²) in [6.45, 7) is 3.87. The number of halogens is 1. The number of carbonyl (C=O) groups excluding carboxylic acids is 1. The Morgan fingerprint density at radius 1 is 1.03 bits per heavy atom. The van der Waals surface area contributed by atoms with Crippen LogP contribution in [0.15, 0.2) is 69.9 Å². The number of fused-ring (bicyclic) bond motifs is 2. The second-order valence-electron chi connectivity index (χ2n) is 7.59. The molecule has 5 nitrogen and oxygen atoms in total. The number of hydrogen-bond donors (Lipinski definition) is 1. The van der Waals surface area contributed by atoms with Gasteiger partial charge in [-0.25, -0.2) is 4.98 Å². The van der Waals surface area contributed by atoms with Crippen molar-refractivity contribution in [2.45, 2.75) is 13.8 Å². The fourth-order valence-electron chi connectivity index (χ4n) is 3.43. The summed E-state index contributed by atoms with van der Waals surface area (Å²) in [5, 5.41) is 4.51. The van der Waals surface area contributed by atoms with Crippen molar-refractivity contribution in [2.75, 3.05) is 5.32 Å². The summed E-state index contributed by atoms with van der Waals surface area (Å²) in [5.74, 6) is -0.561. The first-order valence-electron chi connectivity index (χ1n) is 9.90. The fourth-order valence-corrected chi connectivity index (χ4v) is 4.67. The van der Waals surface area contributed by atoms with E-state index in [2.05, 4.69) is 23.3 Å². The Morgan fingerprint density at radius 3 is 2.59 bits per heavy atom. The van der Waals surface area contributed by atoms with E-state index >= 15 is 0 Å². The summed E-state index contributed by atoms with van der Waals surface area (Å²) in [6, 6.07) is 18.0. The molecule has 5 aromatic rings. The first kappa shape index (κ1) is 20.4. The van der Waals surface area contributed by atoms with E-state index in [4.69, 9.17) is 16.0 Å². The number of aryl methyl sites for hydroxylation is 2. The third kappa shape index (κ3) is 3.79. The number of aromatic nitrogens is 1. The molecule has 7 heteroatoms. The van der Waals surface area contributed by atoms with Gasteiger partial charge in [-0.1, -0.05) is 17.7 Å². The molecule has 0 saturated carbocycles. The largest absolute Gasteiger partial charge is 0.451 e. The molecule has 2 aromatic heterocycles. The average molecular weight is 461 g/mol. The van der Waals surface area contributed by atoms with Crippen molar-refractivity contribution in [3.63, 3.8) is 0 Å². The van der Waals surface area contributed by atoms with Crippen LogP contribution in [-0.2, 0) is 0 Å². The lowest BCUT2D eigenvalue weighted by Crippen LogP contribution is -2.15. The summed E-state index contributed by atoms with van der Waals surface area (Å²) in [4.78, 5) is 29.8. The number of hydrogen-bond acceptors (Lipinski definition) is 5. The lowest BCUT2D eigenvalue weighted by Gasteiger charge is -2.07. The normalized spacial score (nSPS) is 11.2. The summed E-state index contributed by atoms with van der Waals surface area (Å²) in [7, 11) is 0. The van der Waals surface area contributed by atoms with Gasteiger partial charge in [0.2, 0.25) is 0 Å². The van der Waals surface area contributed by atoms with Crippen LogP contribution in [-0.4, -0.2) is 10.9 Å². The predicted molar refractivity (Wildman–Crippen MR) is 130 cm³/mol. The molecule has 0 unspecified atom stereocenters. The van der Waals surface area contributed by atoms with Crippen LogP contribution in [0, 0.1) is 13.8 Å². The maximum absolute atomic E-state index is 12.7. The maximum atomic E-state index is 12.7. The molecule has 1 N–H and O–H groups in total. The van der Waals surface area contributed by atoms with Crippen molar-refractivity contribution in [1.29, 1.82) is 0 Å². The van der Waals surface area contributed by atoms with Gasteiger partial charge in [0.05, 0.1) is 15.6 Å². The standard InChI is InChI=1S/C25H17ClN2O3S/c1-13-3-8-19-23(9-13)32-25(28-19)15-4-6-16(7-5-15)27-24(30)22-12-20(29)17-11-18(26)14(2)10-21(17)31-22/h3-12H,1-2H3,(H,27,30). The third-order valence-corrected chi connectivity index (χ3v) is 6.64. The molecule has 0 radical (unpaired) electrons. The van der Waals surface area contributed by atoms with E-state index in [1.165, 1.54) is 11.6 Å². The molecule has 0 bridgehead atoms. The van der Waals surface area contributed by atoms with Crippen LogP contribution in [0.4, 0.5) is 5.69 Å². The van der Waals surface area contributed by atoms with E-state index in [0.29, 0.717) is 21.7 Å². The van der Waals surface area contributed by atoms with Gasteiger partial charge in [0.25, 0.3) is 5.91 Å². The van der Waals surface area contributed by atoms with E-state index in [-0.39, 0.29) is 11.2 Å². The molecular formula is C25H17ClN2O3S. The Balaban J connectivity index is 1.40. The highest BCUT2D eigenvalue weighted by molar-refractivity contribution is 7.21. The first-order chi connectivity index (χ1) is 15.4. The molecule has 1 amide bonds. The molecule has 0 fully saturated rings. The fraction of sp³-hybridized carbons (Fsp3) is 0.0800. The molecule has 0 atom stereocenters. The number of anilines is 1. The van der Waals surface area contributed by atoms with Crippen LogP contribution >= 0.6 is 22.9 Å². The van der Waals surface area contributed by atoms with Crippen LogP contribution < -0.4 is 10.7 Å². The van der Waals surface area contributed by atoms with E-state index in [1.807, 2.05) is 31.2 Å². The zero-order chi connectivity index (χ0) is 22.4. The number of amides is 1. The van der Waals surface area contributed by atoms with Crippen molar-refractivity contribution in [1.82, 2.24) is 4.98 Å². The molecule has 0 aliphatic carbocycles. The molecule has 0 saturated heterocycles. The second kappa shape index (κ2) is 7.89.